The summed E-state index contributed by atoms with van der Waals surface area (Å²) in [7, 11) is 2.97. The van der Waals surface area contributed by atoms with Crippen molar-refractivity contribution in [2.75, 3.05) is 46.9 Å². The molecule has 0 atom stereocenters. The van der Waals surface area contributed by atoms with E-state index in [1.807, 2.05) is 0 Å². The highest BCUT2D eigenvalue weighted by Gasteiger charge is 2.16. The fourth-order valence-corrected chi connectivity index (χ4v) is 1.27. The van der Waals surface area contributed by atoms with Gasteiger partial charge in [-0.25, -0.2) is 9.59 Å². The Labute approximate surface area is 126 Å². The van der Waals surface area contributed by atoms with Crippen molar-refractivity contribution in [1.29, 1.82) is 0 Å². The third-order valence-electron chi connectivity index (χ3n) is 1.74. The minimum atomic E-state index is -0.869. The minimum Gasteiger partial charge on any atom is -0.382 e. The van der Waals surface area contributed by atoms with E-state index in [0.717, 1.165) is 11.8 Å². The molecular formula is C10H20N2O8S. The number of carbonyl (C=O) groups excluding carboxylic acids is 2. The van der Waals surface area contributed by atoms with Crippen molar-refractivity contribution in [3.63, 3.8) is 0 Å². The normalized spacial score (nSPS) is 10.3. The first kappa shape index (κ1) is 19.7. The maximum absolute atomic E-state index is 11.3. The third kappa shape index (κ3) is 12.2. The molecule has 0 radical (unpaired) electrons. The van der Waals surface area contributed by atoms with Gasteiger partial charge in [-0.2, -0.15) is 9.78 Å². The topological polar surface area (TPSA) is 114 Å². The standard InChI is InChI=1S/C10H20N2O8S/c1-15-4-6-17-19-9(13)11-8(21-3)12-10(14)20-18-7-5-16-2/h8H,4-7H2,1-3H3,(H,11,13)(H,12,14). The number of rotatable bonds is 11. The predicted molar refractivity (Wildman–Crippen MR) is 72.2 cm³/mol. The molecule has 0 aromatic rings. The minimum absolute atomic E-state index is 0.0939. The number of carbonyl (C=O) groups is 2. The molecule has 0 saturated heterocycles. The van der Waals surface area contributed by atoms with Gasteiger partial charge in [0.15, 0.2) is 5.50 Å². The second-order valence-corrected chi connectivity index (χ2v) is 4.22. The zero-order valence-electron chi connectivity index (χ0n) is 12.1. The summed E-state index contributed by atoms with van der Waals surface area (Å²) in [5.74, 6) is 0. The molecule has 2 amide bonds. The molecule has 0 aromatic heterocycles. The van der Waals surface area contributed by atoms with Gasteiger partial charge in [-0.05, 0) is 6.26 Å². The van der Waals surface area contributed by atoms with Crippen LogP contribution in [0.1, 0.15) is 0 Å². The zero-order chi connectivity index (χ0) is 15.9. The molecule has 21 heavy (non-hydrogen) atoms. The zero-order valence-corrected chi connectivity index (χ0v) is 12.9. The summed E-state index contributed by atoms with van der Waals surface area (Å²) < 4.78 is 9.39. The van der Waals surface area contributed by atoms with Gasteiger partial charge in [-0.15, -0.1) is 11.8 Å². The van der Waals surface area contributed by atoms with Gasteiger partial charge in [0.25, 0.3) is 0 Å². The van der Waals surface area contributed by atoms with Gasteiger partial charge in [0.05, 0.1) is 13.2 Å². The van der Waals surface area contributed by atoms with Crippen LogP contribution in [-0.4, -0.2) is 64.6 Å². The van der Waals surface area contributed by atoms with E-state index in [1.54, 1.807) is 6.26 Å². The Kier molecular flexibility index (Phi) is 12.9. The van der Waals surface area contributed by atoms with Gasteiger partial charge in [0.2, 0.25) is 0 Å². The average molecular weight is 328 g/mol. The van der Waals surface area contributed by atoms with Crippen molar-refractivity contribution < 1.29 is 38.6 Å². The van der Waals surface area contributed by atoms with E-state index >= 15 is 0 Å². The summed E-state index contributed by atoms with van der Waals surface area (Å²) in [6.45, 7) is 0.749. The van der Waals surface area contributed by atoms with Crippen LogP contribution >= 0.6 is 11.8 Å². The Balaban J connectivity index is 3.82. The van der Waals surface area contributed by atoms with Gasteiger partial charge < -0.3 is 9.47 Å². The van der Waals surface area contributed by atoms with Crippen LogP contribution in [0.3, 0.4) is 0 Å². The van der Waals surface area contributed by atoms with Gasteiger partial charge in [0, 0.05) is 14.2 Å². The molecule has 0 spiro atoms. The highest BCUT2D eigenvalue weighted by atomic mass is 32.2. The monoisotopic (exact) mass is 328 g/mol. The Morgan fingerprint density at radius 2 is 1.33 bits per heavy atom. The fraction of sp³-hybridized carbons (Fsp3) is 0.800. The van der Waals surface area contributed by atoms with Gasteiger partial charge in [0.1, 0.15) is 13.2 Å². The lowest BCUT2D eigenvalue weighted by Crippen LogP contribution is -2.46. The first-order chi connectivity index (χ1) is 10.1. The van der Waals surface area contributed by atoms with Crippen LogP contribution in [-0.2, 0) is 29.0 Å². The Morgan fingerprint density at radius 3 is 1.67 bits per heavy atom. The highest BCUT2D eigenvalue weighted by molar-refractivity contribution is 7.99. The first-order valence-corrected chi connectivity index (χ1v) is 7.13. The molecule has 0 fully saturated rings. The summed E-state index contributed by atoms with van der Waals surface area (Å²) in [5, 5.41) is 4.64. The smallest absolute Gasteiger partial charge is 0.382 e. The van der Waals surface area contributed by atoms with Crippen LogP contribution in [0.15, 0.2) is 0 Å². The Bertz CT molecular complexity index is 268. The average Bonchev–Trinajstić information content (AvgIpc) is 2.47. The molecule has 0 saturated carbocycles. The lowest BCUT2D eigenvalue weighted by atomic mass is 10.8. The summed E-state index contributed by atoms with van der Waals surface area (Å²) in [6, 6.07) is 0. The lowest BCUT2D eigenvalue weighted by molar-refractivity contribution is -0.246. The molecule has 0 aromatic carbocycles. The quantitative estimate of drug-likeness (QED) is 0.238. The molecule has 2 N–H and O–H groups in total. The Morgan fingerprint density at radius 1 is 0.905 bits per heavy atom. The van der Waals surface area contributed by atoms with E-state index in [-0.39, 0.29) is 26.4 Å². The maximum atomic E-state index is 11.3. The molecule has 0 bridgehead atoms. The van der Waals surface area contributed by atoms with Crippen LogP contribution in [0.5, 0.6) is 0 Å². The van der Waals surface area contributed by atoms with Crippen LogP contribution in [0.2, 0.25) is 0 Å². The second kappa shape index (κ2) is 13.7. The fourth-order valence-electron chi connectivity index (χ4n) is 0.841. The largest absolute Gasteiger partial charge is 0.440 e. The summed E-state index contributed by atoms with van der Waals surface area (Å²) in [5.41, 5.74) is -0.776. The molecular weight excluding hydrogens is 308 g/mol. The van der Waals surface area contributed by atoms with E-state index < -0.39 is 17.7 Å². The van der Waals surface area contributed by atoms with E-state index in [9.17, 15) is 9.59 Å². The van der Waals surface area contributed by atoms with Gasteiger partial charge in [-0.3, -0.25) is 20.4 Å². The van der Waals surface area contributed by atoms with Crippen molar-refractivity contribution in [3.05, 3.63) is 0 Å². The predicted octanol–water partition coefficient (Wildman–Crippen LogP) is 0.241. The molecule has 0 aliphatic rings. The highest BCUT2D eigenvalue weighted by Crippen LogP contribution is 2.00. The number of hydrogen-bond donors (Lipinski definition) is 2. The lowest BCUT2D eigenvalue weighted by Gasteiger charge is -2.16. The van der Waals surface area contributed by atoms with Crippen molar-refractivity contribution in [1.82, 2.24) is 10.6 Å². The molecule has 0 rings (SSSR count). The van der Waals surface area contributed by atoms with E-state index in [2.05, 4.69) is 30.2 Å². The molecule has 10 nitrogen and oxygen atoms in total. The molecule has 0 unspecified atom stereocenters. The molecule has 124 valence electrons. The molecule has 11 heteroatoms. The van der Waals surface area contributed by atoms with Crippen LogP contribution in [0, 0.1) is 0 Å². The van der Waals surface area contributed by atoms with Crippen molar-refractivity contribution >= 4 is 23.9 Å². The summed E-state index contributed by atoms with van der Waals surface area (Å²) in [6.07, 6.45) is -0.0832. The van der Waals surface area contributed by atoms with Crippen LogP contribution < -0.4 is 10.6 Å². The number of hydrogen-bond acceptors (Lipinski definition) is 9. The van der Waals surface area contributed by atoms with E-state index in [4.69, 9.17) is 9.47 Å². The number of thioether (sulfide) groups is 1. The molecule has 0 aliphatic carbocycles. The molecule has 0 aliphatic heterocycles. The van der Waals surface area contributed by atoms with Gasteiger partial charge in [-0.1, -0.05) is 0 Å². The SMILES string of the molecule is COCCOOC(=O)NC(NC(=O)OOCCOC)SC. The number of methoxy groups -OCH3 is 2. The van der Waals surface area contributed by atoms with E-state index in [0.29, 0.717) is 0 Å². The van der Waals surface area contributed by atoms with Crippen molar-refractivity contribution in [2.45, 2.75) is 5.50 Å². The van der Waals surface area contributed by atoms with Crippen LogP contribution in [0.25, 0.3) is 0 Å². The van der Waals surface area contributed by atoms with Crippen LogP contribution in [0.4, 0.5) is 9.59 Å². The Hall–Kier alpha value is -1.27. The summed E-state index contributed by atoms with van der Waals surface area (Å²) in [4.78, 5) is 40.5. The van der Waals surface area contributed by atoms with Gasteiger partial charge >= 0.3 is 12.2 Å². The summed E-state index contributed by atoms with van der Waals surface area (Å²) >= 11 is 1.13. The third-order valence-corrected chi connectivity index (χ3v) is 2.45. The second-order valence-electron chi connectivity index (χ2n) is 3.28. The van der Waals surface area contributed by atoms with Crippen molar-refractivity contribution in [3.8, 4) is 0 Å². The molecule has 0 heterocycles. The number of nitrogens with one attached hydrogen (secondary N) is 2. The first-order valence-electron chi connectivity index (χ1n) is 5.84. The number of amides is 2. The maximum Gasteiger partial charge on any atom is 0.440 e. The number of ether oxygens (including phenoxy) is 2. The van der Waals surface area contributed by atoms with E-state index in [1.165, 1.54) is 14.2 Å². The van der Waals surface area contributed by atoms with Crippen molar-refractivity contribution in [2.24, 2.45) is 0 Å².